The molecule has 4 rings (SSSR count). The maximum absolute atomic E-state index is 13.6. The number of fused-ring (bicyclic) bond motifs is 1. The Morgan fingerprint density at radius 3 is 2.44 bits per heavy atom. The van der Waals surface area contributed by atoms with E-state index in [1.165, 1.54) is 0 Å². The van der Waals surface area contributed by atoms with Gasteiger partial charge in [-0.2, -0.15) is 0 Å². The zero-order chi connectivity index (χ0) is 24.2. The van der Waals surface area contributed by atoms with E-state index in [2.05, 4.69) is 21.2 Å². The van der Waals surface area contributed by atoms with Crippen molar-refractivity contribution in [3.05, 3.63) is 93.4 Å². The highest BCUT2D eigenvalue weighted by Gasteiger charge is 2.26. The summed E-state index contributed by atoms with van der Waals surface area (Å²) in [4.78, 5) is 33.3. The Balaban J connectivity index is 1.81. The van der Waals surface area contributed by atoms with Crippen molar-refractivity contribution in [1.82, 2.24) is 14.5 Å². The highest BCUT2D eigenvalue weighted by atomic mass is 79.9. The average Bonchev–Trinajstić information content (AvgIpc) is 2.86. The molecule has 1 unspecified atom stereocenters. The molecule has 1 atom stereocenters. The van der Waals surface area contributed by atoms with Crippen LogP contribution in [0.4, 0.5) is 10.5 Å². The van der Waals surface area contributed by atoms with E-state index in [-0.39, 0.29) is 11.6 Å². The molecule has 0 bridgehead atoms. The van der Waals surface area contributed by atoms with E-state index < -0.39 is 6.04 Å². The minimum Gasteiger partial charge on any atom is -0.497 e. The second-order valence-corrected chi connectivity index (χ2v) is 8.55. The Bertz CT molecular complexity index is 1390. The van der Waals surface area contributed by atoms with Gasteiger partial charge in [-0.15, -0.1) is 0 Å². The zero-order valence-electron chi connectivity index (χ0n) is 19.2. The molecule has 1 heterocycles. The molecule has 0 aliphatic carbocycles. The van der Waals surface area contributed by atoms with Gasteiger partial charge in [-0.25, -0.2) is 9.78 Å². The van der Waals surface area contributed by atoms with Crippen LogP contribution >= 0.6 is 15.9 Å². The van der Waals surface area contributed by atoms with E-state index in [1.54, 1.807) is 34.8 Å². The number of anilines is 1. The first kappa shape index (κ1) is 23.5. The molecule has 174 valence electrons. The van der Waals surface area contributed by atoms with Gasteiger partial charge < -0.3 is 15.0 Å². The number of methoxy groups -OCH3 is 1. The molecule has 2 amide bonds. The standard InChI is InChI=1S/C26H25BrN4O3/c1-4-30(26(33)29-23-12-8-6-10-21(23)27)17(2)24-28-22-11-7-5-9-20(22)25(32)31(24)18-13-15-19(34-3)16-14-18/h5-17H,4H2,1-3H3,(H,29,33). The Morgan fingerprint density at radius 2 is 1.76 bits per heavy atom. The third kappa shape index (κ3) is 4.54. The number of amides is 2. The smallest absolute Gasteiger partial charge is 0.322 e. The Morgan fingerprint density at radius 1 is 1.09 bits per heavy atom. The summed E-state index contributed by atoms with van der Waals surface area (Å²) in [5.41, 5.74) is 1.70. The lowest BCUT2D eigenvalue weighted by Crippen LogP contribution is -2.39. The molecule has 7 nitrogen and oxygen atoms in total. The predicted molar refractivity (Wildman–Crippen MR) is 138 cm³/mol. The fraction of sp³-hybridized carbons (Fsp3) is 0.192. The normalized spacial score (nSPS) is 11.8. The first-order chi connectivity index (χ1) is 16.4. The van der Waals surface area contributed by atoms with E-state index in [9.17, 15) is 9.59 Å². The lowest BCUT2D eigenvalue weighted by Gasteiger charge is -2.29. The van der Waals surface area contributed by atoms with Gasteiger partial charge in [-0.1, -0.05) is 24.3 Å². The number of nitrogens with one attached hydrogen (secondary N) is 1. The topological polar surface area (TPSA) is 76.5 Å². The summed E-state index contributed by atoms with van der Waals surface area (Å²) >= 11 is 3.47. The van der Waals surface area contributed by atoms with Crippen molar-refractivity contribution >= 4 is 38.6 Å². The monoisotopic (exact) mass is 520 g/mol. The van der Waals surface area contributed by atoms with E-state index in [1.807, 2.05) is 68.4 Å². The third-order valence-corrected chi connectivity index (χ3v) is 6.38. The van der Waals surface area contributed by atoms with Crippen LogP contribution in [-0.4, -0.2) is 34.1 Å². The van der Waals surface area contributed by atoms with E-state index >= 15 is 0 Å². The van der Waals surface area contributed by atoms with Crippen LogP contribution in [0.25, 0.3) is 16.6 Å². The van der Waals surface area contributed by atoms with Crippen molar-refractivity contribution in [1.29, 1.82) is 0 Å². The summed E-state index contributed by atoms with van der Waals surface area (Å²) in [5, 5.41) is 3.46. The molecule has 34 heavy (non-hydrogen) atoms. The SMILES string of the molecule is CCN(C(=O)Nc1ccccc1Br)C(C)c1nc2ccccc2c(=O)n1-c1ccc(OC)cc1. The minimum absolute atomic E-state index is 0.195. The van der Waals surface area contributed by atoms with Crippen LogP contribution in [0.1, 0.15) is 25.7 Å². The minimum atomic E-state index is -0.494. The summed E-state index contributed by atoms with van der Waals surface area (Å²) < 4.78 is 7.62. The van der Waals surface area contributed by atoms with Crippen molar-refractivity contribution < 1.29 is 9.53 Å². The predicted octanol–water partition coefficient (Wildman–Crippen LogP) is 5.77. The van der Waals surface area contributed by atoms with Gasteiger partial charge in [0.1, 0.15) is 11.6 Å². The van der Waals surface area contributed by atoms with Gasteiger partial charge in [-0.3, -0.25) is 9.36 Å². The third-order valence-electron chi connectivity index (χ3n) is 5.69. The lowest BCUT2D eigenvalue weighted by molar-refractivity contribution is 0.193. The number of aromatic nitrogens is 2. The molecule has 8 heteroatoms. The lowest BCUT2D eigenvalue weighted by atomic mass is 10.2. The van der Waals surface area contributed by atoms with Crippen LogP contribution in [0.15, 0.2) is 82.1 Å². The highest BCUT2D eigenvalue weighted by molar-refractivity contribution is 9.10. The second kappa shape index (κ2) is 10.1. The van der Waals surface area contributed by atoms with Crippen molar-refractivity contribution in [2.45, 2.75) is 19.9 Å². The fourth-order valence-electron chi connectivity index (χ4n) is 3.89. The average molecular weight is 521 g/mol. The number of carbonyl (C=O) groups is 1. The Kier molecular flexibility index (Phi) is 6.98. The molecule has 0 saturated carbocycles. The van der Waals surface area contributed by atoms with Crippen LogP contribution in [0, 0.1) is 0 Å². The number of urea groups is 1. The molecule has 0 aliphatic heterocycles. The number of ether oxygens (including phenoxy) is 1. The number of halogens is 1. The quantitative estimate of drug-likeness (QED) is 0.350. The molecule has 0 saturated heterocycles. The van der Waals surface area contributed by atoms with Crippen molar-refractivity contribution in [2.75, 3.05) is 19.0 Å². The summed E-state index contributed by atoms with van der Waals surface area (Å²) in [6.07, 6.45) is 0. The molecule has 3 aromatic carbocycles. The van der Waals surface area contributed by atoms with Crippen LogP contribution in [0.5, 0.6) is 5.75 Å². The Hall–Kier alpha value is -3.65. The van der Waals surface area contributed by atoms with Crippen LogP contribution in [0.3, 0.4) is 0 Å². The molecule has 1 N–H and O–H groups in total. The van der Waals surface area contributed by atoms with Gasteiger partial charge in [0.15, 0.2) is 0 Å². The van der Waals surface area contributed by atoms with Gasteiger partial charge in [-0.05, 0) is 78.3 Å². The number of carbonyl (C=O) groups excluding carboxylic acids is 1. The second-order valence-electron chi connectivity index (χ2n) is 7.70. The van der Waals surface area contributed by atoms with Gasteiger partial charge in [0.2, 0.25) is 0 Å². The maximum Gasteiger partial charge on any atom is 0.322 e. The number of rotatable bonds is 6. The molecule has 0 spiro atoms. The maximum atomic E-state index is 13.6. The van der Waals surface area contributed by atoms with Crippen LogP contribution in [0.2, 0.25) is 0 Å². The molecule has 0 fully saturated rings. The fourth-order valence-corrected chi connectivity index (χ4v) is 4.28. The van der Waals surface area contributed by atoms with Gasteiger partial charge in [0.25, 0.3) is 5.56 Å². The Labute approximate surface area is 206 Å². The number of nitrogens with zero attached hydrogens (tertiary/aromatic N) is 3. The van der Waals surface area contributed by atoms with Crippen molar-refractivity contribution in [3.8, 4) is 11.4 Å². The van der Waals surface area contributed by atoms with Crippen LogP contribution < -0.4 is 15.6 Å². The largest absolute Gasteiger partial charge is 0.497 e. The molecule has 1 aromatic heterocycles. The summed E-state index contributed by atoms with van der Waals surface area (Å²) in [7, 11) is 1.59. The number of para-hydroxylation sites is 2. The number of hydrogen-bond donors (Lipinski definition) is 1. The molecular weight excluding hydrogens is 496 g/mol. The summed E-state index contributed by atoms with van der Waals surface area (Å²) in [6, 6.07) is 21.1. The summed E-state index contributed by atoms with van der Waals surface area (Å²) in [6.45, 7) is 4.19. The zero-order valence-corrected chi connectivity index (χ0v) is 20.7. The van der Waals surface area contributed by atoms with Crippen molar-refractivity contribution in [2.24, 2.45) is 0 Å². The van der Waals surface area contributed by atoms with Crippen molar-refractivity contribution in [3.63, 3.8) is 0 Å². The molecule has 4 aromatic rings. The molecule has 0 aliphatic rings. The first-order valence-corrected chi connectivity index (χ1v) is 11.7. The van der Waals surface area contributed by atoms with E-state index in [0.717, 1.165) is 4.47 Å². The molecular formula is C26H25BrN4O3. The van der Waals surface area contributed by atoms with Crippen LogP contribution in [-0.2, 0) is 0 Å². The van der Waals surface area contributed by atoms with Gasteiger partial charge in [0.05, 0.1) is 35.4 Å². The number of hydrogen-bond acceptors (Lipinski definition) is 4. The molecule has 0 radical (unpaired) electrons. The van der Waals surface area contributed by atoms with E-state index in [0.29, 0.717) is 40.4 Å². The van der Waals surface area contributed by atoms with Gasteiger partial charge in [0, 0.05) is 11.0 Å². The van der Waals surface area contributed by atoms with Gasteiger partial charge >= 0.3 is 6.03 Å². The first-order valence-electron chi connectivity index (χ1n) is 10.9. The number of benzene rings is 3. The highest BCUT2D eigenvalue weighted by Crippen LogP contribution is 2.26. The van der Waals surface area contributed by atoms with E-state index in [4.69, 9.17) is 9.72 Å². The summed E-state index contributed by atoms with van der Waals surface area (Å²) in [5.74, 6) is 1.15.